The van der Waals surface area contributed by atoms with Crippen LogP contribution in [0, 0.1) is 0 Å². The molecule has 21 heavy (non-hydrogen) atoms. The Morgan fingerprint density at radius 1 is 1.38 bits per heavy atom. The van der Waals surface area contributed by atoms with Crippen LogP contribution in [0.3, 0.4) is 0 Å². The average molecular weight is 310 g/mol. The second-order valence-corrected chi connectivity index (χ2v) is 5.49. The summed E-state index contributed by atoms with van der Waals surface area (Å²) in [5, 5.41) is 7.06. The van der Waals surface area contributed by atoms with E-state index in [-0.39, 0.29) is 0 Å². The quantitative estimate of drug-likeness (QED) is 0.521. The molecule has 1 fully saturated rings. The Kier molecular flexibility index (Phi) is 6.72. The number of thiocarbonyl (C=S) groups is 1. The minimum absolute atomic E-state index is 0.653. The highest BCUT2D eigenvalue weighted by Crippen LogP contribution is 2.16. The fourth-order valence-electron chi connectivity index (χ4n) is 2.33. The normalized spacial score (nSPS) is 15.5. The lowest BCUT2D eigenvalue weighted by molar-refractivity contribution is -0.908. The molecule has 0 bridgehead atoms. The highest BCUT2D eigenvalue weighted by molar-refractivity contribution is 7.80. The van der Waals surface area contributed by atoms with E-state index in [2.05, 4.69) is 10.6 Å². The smallest absolute Gasteiger partial charge is 0.170 e. The molecule has 0 amide bonds. The maximum absolute atomic E-state index is 5.35. The van der Waals surface area contributed by atoms with Crippen LogP contribution in [0.2, 0.25) is 0 Å². The van der Waals surface area contributed by atoms with E-state index in [1.165, 1.54) is 0 Å². The summed E-state index contributed by atoms with van der Waals surface area (Å²) < 4.78 is 10.5. The first-order valence-corrected chi connectivity index (χ1v) is 7.79. The number of hydrogen-bond acceptors (Lipinski definition) is 3. The standard InChI is InChI=1S/C15H23N3O2S/c1-19-14-5-2-4-13(12-14)17-15(21)16-6-3-7-18-8-10-20-11-9-18/h2,4-5,12H,3,6-11H2,1H3,(H2,16,17,21)/p+1. The molecule has 0 aromatic heterocycles. The number of rotatable bonds is 6. The zero-order valence-electron chi connectivity index (χ0n) is 12.5. The molecule has 1 saturated heterocycles. The van der Waals surface area contributed by atoms with E-state index in [1.54, 1.807) is 12.0 Å². The molecule has 0 radical (unpaired) electrons. The van der Waals surface area contributed by atoms with Gasteiger partial charge < -0.3 is 25.0 Å². The number of anilines is 1. The molecule has 1 aromatic carbocycles. The van der Waals surface area contributed by atoms with Crippen LogP contribution in [0.15, 0.2) is 24.3 Å². The van der Waals surface area contributed by atoms with Crippen molar-refractivity contribution in [3.8, 4) is 5.75 Å². The summed E-state index contributed by atoms with van der Waals surface area (Å²) >= 11 is 5.30. The molecule has 6 heteroatoms. The van der Waals surface area contributed by atoms with Crippen molar-refractivity contribution in [1.29, 1.82) is 0 Å². The third kappa shape index (κ3) is 5.87. The van der Waals surface area contributed by atoms with Gasteiger partial charge in [-0.25, -0.2) is 0 Å². The van der Waals surface area contributed by atoms with Gasteiger partial charge in [0.15, 0.2) is 5.11 Å². The summed E-state index contributed by atoms with van der Waals surface area (Å²) in [5.74, 6) is 0.818. The SMILES string of the molecule is COc1cccc(NC(=S)NCCC[NH+]2CCOCC2)c1. The van der Waals surface area contributed by atoms with E-state index in [0.717, 1.165) is 57.3 Å². The third-order valence-corrected chi connectivity index (χ3v) is 3.77. The Labute approximate surface area is 131 Å². The molecule has 0 unspecified atom stereocenters. The summed E-state index contributed by atoms with van der Waals surface area (Å²) in [4.78, 5) is 1.62. The molecule has 5 nitrogen and oxygen atoms in total. The molecule has 1 aromatic rings. The predicted molar refractivity (Wildman–Crippen MR) is 88.2 cm³/mol. The van der Waals surface area contributed by atoms with Crippen molar-refractivity contribution in [2.75, 3.05) is 51.8 Å². The molecule has 1 heterocycles. The fraction of sp³-hybridized carbons (Fsp3) is 0.533. The lowest BCUT2D eigenvalue weighted by Gasteiger charge is -2.23. The molecular weight excluding hydrogens is 286 g/mol. The Hall–Kier alpha value is -1.37. The van der Waals surface area contributed by atoms with Crippen molar-refractivity contribution < 1.29 is 14.4 Å². The molecule has 0 aliphatic carbocycles. The molecule has 1 aliphatic heterocycles. The van der Waals surface area contributed by atoms with Gasteiger partial charge in [-0.2, -0.15) is 0 Å². The molecule has 1 aliphatic rings. The van der Waals surface area contributed by atoms with Crippen LogP contribution in [0.4, 0.5) is 5.69 Å². The maximum atomic E-state index is 5.35. The second-order valence-electron chi connectivity index (χ2n) is 5.08. The molecule has 0 atom stereocenters. The minimum atomic E-state index is 0.653. The van der Waals surface area contributed by atoms with Gasteiger partial charge in [-0.15, -0.1) is 0 Å². The average Bonchev–Trinajstić information content (AvgIpc) is 2.53. The minimum Gasteiger partial charge on any atom is -0.497 e. The monoisotopic (exact) mass is 310 g/mol. The summed E-state index contributed by atoms with van der Waals surface area (Å²) in [7, 11) is 1.66. The number of morpholine rings is 1. The molecule has 2 rings (SSSR count). The van der Waals surface area contributed by atoms with E-state index >= 15 is 0 Å². The topological polar surface area (TPSA) is 47.0 Å². The van der Waals surface area contributed by atoms with Crippen LogP contribution >= 0.6 is 12.2 Å². The van der Waals surface area contributed by atoms with Gasteiger partial charge in [-0.05, 0) is 24.4 Å². The summed E-state index contributed by atoms with van der Waals surface area (Å²) in [6.07, 6.45) is 1.11. The molecule has 3 N–H and O–H groups in total. The van der Waals surface area contributed by atoms with E-state index in [0.29, 0.717) is 5.11 Å². The highest BCUT2D eigenvalue weighted by Gasteiger charge is 2.12. The summed E-state index contributed by atoms with van der Waals surface area (Å²) in [6.45, 7) is 6.06. The predicted octanol–water partition coefficient (Wildman–Crippen LogP) is 0.287. The van der Waals surface area contributed by atoms with E-state index in [9.17, 15) is 0 Å². The largest absolute Gasteiger partial charge is 0.497 e. The first-order chi connectivity index (χ1) is 10.3. The van der Waals surface area contributed by atoms with Gasteiger partial charge >= 0.3 is 0 Å². The lowest BCUT2D eigenvalue weighted by atomic mass is 10.3. The Bertz CT molecular complexity index is 450. The van der Waals surface area contributed by atoms with E-state index in [1.807, 2.05) is 24.3 Å². The van der Waals surface area contributed by atoms with Crippen molar-refractivity contribution in [1.82, 2.24) is 5.32 Å². The van der Waals surface area contributed by atoms with E-state index < -0.39 is 0 Å². The molecule has 0 saturated carbocycles. The number of nitrogens with one attached hydrogen (secondary N) is 3. The van der Waals surface area contributed by atoms with Gasteiger partial charge in [-0.3, -0.25) is 0 Å². The maximum Gasteiger partial charge on any atom is 0.170 e. The van der Waals surface area contributed by atoms with Crippen molar-refractivity contribution in [3.05, 3.63) is 24.3 Å². The first-order valence-electron chi connectivity index (χ1n) is 7.38. The first kappa shape index (κ1) is 16.0. The van der Waals surface area contributed by atoms with E-state index in [4.69, 9.17) is 21.7 Å². The van der Waals surface area contributed by atoms with Crippen LogP contribution in [-0.2, 0) is 4.74 Å². The zero-order valence-corrected chi connectivity index (χ0v) is 13.3. The van der Waals surface area contributed by atoms with Gasteiger partial charge in [0.05, 0.1) is 26.9 Å². The Morgan fingerprint density at radius 3 is 2.95 bits per heavy atom. The summed E-state index contributed by atoms with van der Waals surface area (Å²) in [6, 6.07) is 7.73. The Morgan fingerprint density at radius 2 is 2.19 bits per heavy atom. The van der Waals surface area contributed by atoms with Crippen LogP contribution in [0.5, 0.6) is 5.75 Å². The van der Waals surface area contributed by atoms with Crippen molar-refractivity contribution in [2.45, 2.75) is 6.42 Å². The van der Waals surface area contributed by atoms with Gasteiger partial charge in [0.2, 0.25) is 0 Å². The van der Waals surface area contributed by atoms with Crippen LogP contribution in [0.1, 0.15) is 6.42 Å². The lowest BCUT2D eigenvalue weighted by Crippen LogP contribution is -3.14. The Balaban J connectivity index is 1.62. The number of hydrogen-bond donors (Lipinski definition) is 3. The number of ether oxygens (including phenoxy) is 2. The van der Waals surface area contributed by atoms with Crippen molar-refractivity contribution in [3.63, 3.8) is 0 Å². The van der Waals surface area contributed by atoms with Crippen molar-refractivity contribution >= 4 is 23.0 Å². The van der Waals surface area contributed by atoms with Gasteiger partial charge in [-0.1, -0.05) is 6.07 Å². The number of quaternary nitrogens is 1. The number of methoxy groups -OCH3 is 1. The fourth-order valence-corrected chi connectivity index (χ4v) is 2.55. The molecular formula is C15H24N3O2S+. The molecule has 0 spiro atoms. The highest BCUT2D eigenvalue weighted by atomic mass is 32.1. The number of benzene rings is 1. The van der Waals surface area contributed by atoms with Gasteiger partial charge in [0.25, 0.3) is 0 Å². The molecule has 116 valence electrons. The van der Waals surface area contributed by atoms with Crippen LogP contribution in [0.25, 0.3) is 0 Å². The third-order valence-electron chi connectivity index (χ3n) is 3.52. The van der Waals surface area contributed by atoms with Crippen LogP contribution < -0.4 is 20.3 Å². The zero-order chi connectivity index (χ0) is 14.9. The summed E-state index contributed by atoms with van der Waals surface area (Å²) in [5.41, 5.74) is 0.936. The second kappa shape index (κ2) is 8.81. The van der Waals surface area contributed by atoms with Crippen molar-refractivity contribution in [2.24, 2.45) is 0 Å². The van der Waals surface area contributed by atoms with Crippen LogP contribution in [-0.4, -0.2) is 51.6 Å². The van der Waals surface area contributed by atoms with Gasteiger partial charge in [0, 0.05) is 24.7 Å². The van der Waals surface area contributed by atoms with Gasteiger partial charge in [0.1, 0.15) is 18.8 Å².